The van der Waals surface area contributed by atoms with Gasteiger partial charge in [-0.3, -0.25) is 4.79 Å². The van der Waals surface area contributed by atoms with Crippen LogP contribution in [0.3, 0.4) is 0 Å². The summed E-state index contributed by atoms with van der Waals surface area (Å²) in [5.74, 6) is 0.696. The van der Waals surface area contributed by atoms with E-state index >= 15 is 0 Å². The summed E-state index contributed by atoms with van der Waals surface area (Å²) < 4.78 is 5.87. The number of rotatable bonds is 6. The SMILES string of the molecule is Cc1ncsc1CCN(C)C(=O)[C@@H](C)Oc1ccc2ccccc2c1. The number of nitrogens with zero attached hydrogens (tertiary/aromatic N) is 2. The highest BCUT2D eigenvalue weighted by atomic mass is 32.1. The molecule has 3 rings (SSSR count). The zero-order valence-electron chi connectivity index (χ0n) is 14.7. The highest BCUT2D eigenvalue weighted by molar-refractivity contribution is 7.09. The van der Waals surface area contributed by atoms with Gasteiger partial charge in [0.2, 0.25) is 0 Å². The molecule has 0 saturated carbocycles. The van der Waals surface area contributed by atoms with Crippen molar-refractivity contribution >= 4 is 28.0 Å². The zero-order chi connectivity index (χ0) is 17.8. The van der Waals surface area contributed by atoms with Crippen molar-refractivity contribution in [1.29, 1.82) is 0 Å². The van der Waals surface area contributed by atoms with Gasteiger partial charge in [0.15, 0.2) is 6.10 Å². The Kier molecular flexibility index (Phi) is 5.34. The van der Waals surface area contributed by atoms with Crippen LogP contribution in [0.15, 0.2) is 48.0 Å². The first-order valence-electron chi connectivity index (χ1n) is 8.34. The standard InChI is InChI=1S/C20H22N2O2S/c1-14-19(25-13-21-14)10-11-22(3)20(23)15(2)24-18-9-8-16-6-4-5-7-17(16)12-18/h4-9,12-13,15H,10-11H2,1-3H3/t15-/m1/s1. The molecule has 5 heteroatoms. The van der Waals surface area contributed by atoms with Crippen molar-refractivity contribution in [2.24, 2.45) is 0 Å². The molecule has 0 aliphatic rings. The molecule has 0 spiro atoms. The van der Waals surface area contributed by atoms with E-state index in [9.17, 15) is 4.79 Å². The maximum Gasteiger partial charge on any atom is 0.263 e. The van der Waals surface area contributed by atoms with Crippen LogP contribution in [0.1, 0.15) is 17.5 Å². The van der Waals surface area contributed by atoms with Gasteiger partial charge in [0, 0.05) is 24.9 Å². The maximum atomic E-state index is 12.5. The van der Waals surface area contributed by atoms with Crippen LogP contribution >= 0.6 is 11.3 Å². The number of hydrogen-bond acceptors (Lipinski definition) is 4. The van der Waals surface area contributed by atoms with Crippen LogP contribution in [0.5, 0.6) is 5.75 Å². The normalized spacial score (nSPS) is 12.1. The van der Waals surface area contributed by atoms with Crippen molar-refractivity contribution < 1.29 is 9.53 Å². The van der Waals surface area contributed by atoms with Crippen molar-refractivity contribution in [3.63, 3.8) is 0 Å². The third-order valence-electron chi connectivity index (χ3n) is 4.28. The minimum atomic E-state index is -0.520. The molecule has 0 bridgehead atoms. The lowest BCUT2D eigenvalue weighted by molar-refractivity contribution is -0.136. The fraction of sp³-hybridized carbons (Fsp3) is 0.300. The topological polar surface area (TPSA) is 42.4 Å². The molecule has 0 radical (unpaired) electrons. The van der Waals surface area contributed by atoms with E-state index in [4.69, 9.17) is 4.74 Å². The summed E-state index contributed by atoms with van der Waals surface area (Å²) in [6.45, 7) is 4.46. The molecule has 0 N–H and O–H groups in total. The second-order valence-electron chi connectivity index (χ2n) is 6.14. The van der Waals surface area contributed by atoms with E-state index in [1.807, 2.05) is 55.9 Å². The molecule has 4 nitrogen and oxygen atoms in total. The number of ether oxygens (including phenoxy) is 1. The molecule has 1 amide bonds. The molecule has 0 fully saturated rings. The first kappa shape index (κ1) is 17.4. The second kappa shape index (κ2) is 7.66. The Balaban J connectivity index is 1.59. The summed E-state index contributed by atoms with van der Waals surface area (Å²) in [7, 11) is 1.82. The van der Waals surface area contributed by atoms with Crippen molar-refractivity contribution in [3.8, 4) is 5.75 Å². The average molecular weight is 354 g/mol. The molecule has 1 aromatic heterocycles. The quantitative estimate of drug-likeness (QED) is 0.670. The first-order valence-corrected chi connectivity index (χ1v) is 9.22. The number of hydrogen-bond donors (Lipinski definition) is 0. The number of carbonyl (C=O) groups excluding carboxylic acids is 1. The van der Waals surface area contributed by atoms with Crippen molar-refractivity contribution in [1.82, 2.24) is 9.88 Å². The van der Waals surface area contributed by atoms with E-state index in [0.29, 0.717) is 12.3 Å². The van der Waals surface area contributed by atoms with E-state index in [1.165, 1.54) is 4.88 Å². The smallest absolute Gasteiger partial charge is 0.263 e. The third kappa shape index (κ3) is 4.17. The van der Waals surface area contributed by atoms with Gasteiger partial charge in [-0.2, -0.15) is 0 Å². The summed E-state index contributed by atoms with van der Waals surface area (Å²) in [6, 6.07) is 14.0. The Hall–Kier alpha value is -2.40. The monoisotopic (exact) mass is 354 g/mol. The van der Waals surface area contributed by atoms with Gasteiger partial charge >= 0.3 is 0 Å². The fourth-order valence-electron chi connectivity index (χ4n) is 2.75. The molecule has 0 saturated heterocycles. The molecule has 3 aromatic rings. The van der Waals surface area contributed by atoms with Crippen LogP contribution < -0.4 is 4.74 Å². The molecule has 1 heterocycles. The lowest BCUT2D eigenvalue weighted by Gasteiger charge is -2.22. The van der Waals surface area contributed by atoms with Gasteiger partial charge in [-0.25, -0.2) is 4.98 Å². The van der Waals surface area contributed by atoms with E-state index in [-0.39, 0.29) is 5.91 Å². The number of amides is 1. The Morgan fingerprint density at radius 2 is 2.00 bits per heavy atom. The highest BCUT2D eigenvalue weighted by Gasteiger charge is 2.19. The number of carbonyl (C=O) groups is 1. The predicted octanol–water partition coefficient (Wildman–Crippen LogP) is 4.07. The lowest BCUT2D eigenvalue weighted by Crippen LogP contribution is -2.39. The van der Waals surface area contributed by atoms with Crippen LogP contribution in [0, 0.1) is 6.92 Å². The molecule has 1 atom stereocenters. The Morgan fingerprint density at radius 3 is 2.72 bits per heavy atom. The van der Waals surface area contributed by atoms with Crippen molar-refractivity contribution in [2.45, 2.75) is 26.4 Å². The van der Waals surface area contributed by atoms with Crippen molar-refractivity contribution in [3.05, 3.63) is 58.5 Å². The minimum absolute atomic E-state index is 0.0182. The number of aryl methyl sites for hydroxylation is 1. The van der Waals surface area contributed by atoms with Gasteiger partial charge < -0.3 is 9.64 Å². The van der Waals surface area contributed by atoms with Gasteiger partial charge in [-0.05, 0) is 36.8 Å². The zero-order valence-corrected chi connectivity index (χ0v) is 15.5. The van der Waals surface area contributed by atoms with Crippen LogP contribution in [0.2, 0.25) is 0 Å². The van der Waals surface area contributed by atoms with Crippen molar-refractivity contribution in [2.75, 3.05) is 13.6 Å². The van der Waals surface area contributed by atoms with Crippen LogP contribution in [0.4, 0.5) is 0 Å². The summed E-state index contributed by atoms with van der Waals surface area (Å²) >= 11 is 1.64. The molecular formula is C20H22N2O2S. The lowest BCUT2D eigenvalue weighted by atomic mass is 10.1. The molecule has 0 aliphatic heterocycles. The Labute approximate surface area is 152 Å². The van der Waals surface area contributed by atoms with Gasteiger partial charge in [0.25, 0.3) is 5.91 Å². The molecule has 0 aliphatic carbocycles. The van der Waals surface area contributed by atoms with Crippen LogP contribution in [0.25, 0.3) is 10.8 Å². The van der Waals surface area contributed by atoms with E-state index in [0.717, 1.165) is 22.9 Å². The third-order valence-corrected chi connectivity index (χ3v) is 5.27. The number of fused-ring (bicyclic) bond motifs is 1. The largest absolute Gasteiger partial charge is 0.481 e. The van der Waals surface area contributed by atoms with Gasteiger partial charge in [-0.1, -0.05) is 30.3 Å². The maximum absolute atomic E-state index is 12.5. The average Bonchev–Trinajstić information content (AvgIpc) is 3.03. The second-order valence-corrected chi connectivity index (χ2v) is 7.08. The van der Waals surface area contributed by atoms with Gasteiger partial charge in [0.1, 0.15) is 5.75 Å². The Morgan fingerprint density at radius 1 is 1.24 bits per heavy atom. The van der Waals surface area contributed by atoms with E-state index in [1.54, 1.807) is 23.2 Å². The van der Waals surface area contributed by atoms with Crippen LogP contribution in [-0.2, 0) is 11.2 Å². The summed E-state index contributed by atoms with van der Waals surface area (Å²) in [5.41, 5.74) is 2.89. The predicted molar refractivity (Wildman–Crippen MR) is 102 cm³/mol. The van der Waals surface area contributed by atoms with Crippen LogP contribution in [-0.4, -0.2) is 35.5 Å². The number of benzene rings is 2. The Bertz CT molecular complexity index is 875. The summed E-state index contributed by atoms with van der Waals surface area (Å²) in [6.07, 6.45) is 0.301. The van der Waals surface area contributed by atoms with Gasteiger partial charge in [-0.15, -0.1) is 11.3 Å². The summed E-state index contributed by atoms with van der Waals surface area (Å²) in [4.78, 5) is 19.7. The molecule has 2 aromatic carbocycles. The minimum Gasteiger partial charge on any atom is -0.481 e. The highest BCUT2D eigenvalue weighted by Crippen LogP contribution is 2.22. The van der Waals surface area contributed by atoms with E-state index in [2.05, 4.69) is 11.1 Å². The fourth-order valence-corrected chi connectivity index (χ4v) is 3.52. The van der Waals surface area contributed by atoms with E-state index < -0.39 is 6.10 Å². The summed E-state index contributed by atoms with van der Waals surface area (Å²) in [5, 5.41) is 2.26. The first-order chi connectivity index (χ1) is 12.0. The molecule has 130 valence electrons. The number of thiazole rings is 1. The molecule has 0 unspecified atom stereocenters. The molecular weight excluding hydrogens is 332 g/mol. The molecule has 25 heavy (non-hydrogen) atoms. The number of likely N-dealkylation sites (N-methyl/N-ethyl adjacent to an activating group) is 1. The number of aromatic nitrogens is 1. The van der Waals surface area contributed by atoms with Gasteiger partial charge in [0.05, 0.1) is 11.2 Å².